The highest BCUT2D eigenvalue weighted by atomic mass is 16.5. The van der Waals surface area contributed by atoms with E-state index in [2.05, 4.69) is 20.1 Å². The van der Waals surface area contributed by atoms with Crippen molar-refractivity contribution in [3.8, 4) is 5.82 Å². The summed E-state index contributed by atoms with van der Waals surface area (Å²) in [7, 11) is 0. The van der Waals surface area contributed by atoms with Gasteiger partial charge in [0.15, 0.2) is 17.2 Å². The minimum Gasteiger partial charge on any atom is -0.461 e. The summed E-state index contributed by atoms with van der Waals surface area (Å²) in [6.07, 6.45) is 4.66. The van der Waals surface area contributed by atoms with Gasteiger partial charge in [0, 0.05) is 12.4 Å². The molecule has 0 saturated carbocycles. The molecule has 3 heterocycles. The number of hydrogen-bond acceptors (Lipinski definition) is 7. The summed E-state index contributed by atoms with van der Waals surface area (Å²) in [5.74, 6) is -0.0698. The van der Waals surface area contributed by atoms with Gasteiger partial charge in [0.25, 0.3) is 0 Å². The average molecular weight is 284 g/mol. The maximum atomic E-state index is 11.7. The fraction of sp³-hybridized carbons (Fsp3) is 0.154. The predicted octanol–water partition coefficient (Wildman–Crippen LogP) is 0.969. The zero-order chi connectivity index (χ0) is 14.8. The first-order valence-corrected chi connectivity index (χ1v) is 6.29. The summed E-state index contributed by atoms with van der Waals surface area (Å²) in [5, 5.41) is 4.11. The quantitative estimate of drug-likeness (QED) is 0.713. The lowest BCUT2D eigenvalue weighted by molar-refractivity contribution is 0.0520. The molecule has 0 bridgehead atoms. The van der Waals surface area contributed by atoms with E-state index in [-0.39, 0.29) is 18.0 Å². The number of nitrogens with two attached hydrogens (primary N) is 1. The Labute approximate surface area is 119 Å². The van der Waals surface area contributed by atoms with E-state index >= 15 is 0 Å². The fourth-order valence-electron chi connectivity index (χ4n) is 1.83. The molecule has 2 N–H and O–H groups in total. The lowest BCUT2D eigenvalue weighted by atomic mass is 10.4. The Hall–Kier alpha value is -3.03. The number of carbonyl (C=O) groups excluding carboxylic acids is 1. The van der Waals surface area contributed by atoms with Crippen LogP contribution in [0.2, 0.25) is 0 Å². The number of pyridine rings is 1. The second-order valence-electron chi connectivity index (χ2n) is 4.17. The molecule has 0 aromatic carbocycles. The summed E-state index contributed by atoms with van der Waals surface area (Å²) >= 11 is 0. The van der Waals surface area contributed by atoms with Gasteiger partial charge in [0.1, 0.15) is 5.52 Å². The third-order valence-electron chi connectivity index (χ3n) is 2.76. The van der Waals surface area contributed by atoms with Crippen molar-refractivity contribution in [2.75, 3.05) is 12.3 Å². The van der Waals surface area contributed by atoms with E-state index in [1.165, 1.54) is 10.9 Å². The first kappa shape index (κ1) is 13.0. The highest BCUT2D eigenvalue weighted by Crippen LogP contribution is 2.15. The summed E-state index contributed by atoms with van der Waals surface area (Å²) in [5.41, 5.74) is 7.24. The van der Waals surface area contributed by atoms with Crippen molar-refractivity contribution in [2.45, 2.75) is 6.92 Å². The Morgan fingerprint density at radius 3 is 2.95 bits per heavy atom. The maximum Gasteiger partial charge on any atom is 0.361 e. The number of ether oxygens (including phenoxy) is 1. The largest absolute Gasteiger partial charge is 0.461 e. The molecule has 21 heavy (non-hydrogen) atoms. The molecule has 3 aromatic heterocycles. The second-order valence-corrected chi connectivity index (χ2v) is 4.17. The Kier molecular flexibility index (Phi) is 3.19. The van der Waals surface area contributed by atoms with Crippen molar-refractivity contribution in [2.24, 2.45) is 0 Å². The van der Waals surface area contributed by atoms with Gasteiger partial charge in [-0.05, 0) is 19.1 Å². The lowest BCUT2D eigenvalue weighted by Crippen LogP contribution is -2.08. The molecular formula is C13H12N6O2. The van der Waals surface area contributed by atoms with E-state index in [9.17, 15) is 4.79 Å². The lowest BCUT2D eigenvalue weighted by Gasteiger charge is -2.01. The van der Waals surface area contributed by atoms with Crippen LogP contribution >= 0.6 is 0 Å². The number of fused-ring (bicyclic) bond motifs is 1. The third kappa shape index (κ3) is 2.38. The van der Waals surface area contributed by atoms with Crippen LogP contribution in [0, 0.1) is 0 Å². The molecule has 0 amide bonds. The van der Waals surface area contributed by atoms with Crippen LogP contribution in [0.15, 0.2) is 30.7 Å². The molecular weight excluding hydrogens is 272 g/mol. The summed E-state index contributed by atoms with van der Waals surface area (Å²) in [6.45, 7) is 1.98. The van der Waals surface area contributed by atoms with Crippen LogP contribution in [-0.4, -0.2) is 37.3 Å². The van der Waals surface area contributed by atoms with Crippen LogP contribution in [0.1, 0.15) is 17.4 Å². The number of esters is 1. The van der Waals surface area contributed by atoms with Gasteiger partial charge in [-0.1, -0.05) is 0 Å². The van der Waals surface area contributed by atoms with Gasteiger partial charge in [-0.3, -0.25) is 4.98 Å². The Morgan fingerprint density at radius 1 is 1.33 bits per heavy atom. The van der Waals surface area contributed by atoms with Crippen LogP contribution in [0.5, 0.6) is 0 Å². The standard InChI is InChI=1S/C13H12N6O2/c1-2-21-13(20)11-8(14)7-19(18-11)10-4-3-9-12(17-10)16-6-5-15-9/h3-7H,2,14H2,1H3. The van der Waals surface area contributed by atoms with Gasteiger partial charge in [-0.2, -0.15) is 5.10 Å². The van der Waals surface area contributed by atoms with Gasteiger partial charge in [-0.25, -0.2) is 19.4 Å². The van der Waals surface area contributed by atoms with Crippen molar-refractivity contribution >= 4 is 22.8 Å². The molecule has 0 unspecified atom stereocenters. The summed E-state index contributed by atoms with van der Waals surface area (Å²) in [4.78, 5) is 24.3. The number of carbonyl (C=O) groups is 1. The smallest absolute Gasteiger partial charge is 0.361 e. The molecule has 0 aliphatic heterocycles. The van der Waals surface area contributed by atoms with E-state index < -0.39 is 5.97 Å². The van der Waals surface area contributed by atoms with Crippen LogP contribution in [-0.2, 0) is 4.74 Å². The molecule has 0 fully saturated rings. The fourth-order valence-corrected chi connectivity index (χ4v) is 1.83. The minimum atomic E-state index is -0.561. The van der Waals surface area contributed by atoms with Crippen LogP contribution in [0.25, 0.3) is 17.0 Å². The van der Waals surface area contributed by atoms with Crippen LogP contribution < -0.4 is 5.73 Å². The van der Waals surface area contributed by atoms with Crippen molar-refractivity contribution in [3.63, 3.8) is 0 Å². The average Bonchev–Trinajstić information content (AvgIpc) is 2.89. The molecule has 3 rings (SSSR count). The van der Waals surface area contributed by atoms with Gasteiger partial charge < -0.3 is 10.5 Å². The maximum absolute atomic E-state index is 11.7. The molecule has 3 aromatic rings. The van der Waals surface area contributed by atoms with Crippen LogP contribution in [0.3, 0.4) is 0 Å². The van der Waals surface area contributed by atoms with Gasteiger partial charge in [0.05, 0.1) is 18.5 Å². The number of anilines is 1. The third-order valence-corrected chi connectivity index (χ3v) is 2.76. The van der Waals surface area contributed by atoms with E-state index in [4.69, 9.17) is 10.5 Å². The first-order chi connectivity index (χ1) is 10.2. The van der Waals surface area contributed by atoms with E-state index in [0.29, 0.717) is 17.0 Å². The molecule has 8 nitrogen and oxygen atoms in total. The molecule has 8 heteroatoms. The molecule has 0 radical (unpaired) electrons. The van der Waals surface area contributed by atoms with E-state index in [1.807, 2.05) is 0 Å². The van der Waals surface area contributed by atoms with Crippen molar-refractivity contribution < 1.29 is 9.53 Å². The predicted molar refractivity (Wildman–Crippen MR) is 74.8 cm³/mol. The summed E-state index contributed by atoms with van der Waals surface area (Å²) in [6, 6.07) is 3.49. The minimum absolute atomic E-state index is 0.0675. The van der Waals surface area contributed by atoms with Gasteiger partial charge >= 0.3 is 5.97 Å². The molecule has 0 atom stereocenters. The Balaban J connectivity index is 2.02. The number of nitrogen functional groups attached to an aromatic ring is 1. The molecule has 0 saturated heterocycles. The number of rotatable bonds is 3. The molecule has 106 valence electrons. The second kappa shape index (κ2) is 5.16. The number of aromatic nitrogens is 5. The zero-order valence-corrected chi connectivity index (χ0v) is 11.2. The van der Waals surface area contributed by atoms with Crippen molar-refractivity contribution in [1.29, 1.82) is 0 Å². The van der Waals surface area contributed by atoms with E-state index in [0.717, 1.165) is 0 Å². The van der Waals surface area contributed by atoms with Crippen molar-refractivity contribution in [3.05, 3.63) is 36.4 Å². The van der Waals surface area contributed by atoms with Crippen molar-refractivity contribution in [1.82, 2.24) is 24.7 Å². The number of hydrogen-bond donors (Lipinski definition) is 1. The molecule has 0 spiro atoms. The highest BCUT2D eigenvalue weighted by Gasteiger charge is 2.17. The first-order valence-electron chi connectivity index (χ1n) is 6.29. The Morgan fingerprint density at radius 2 is 2.14 bits per heavy atom. The topological polar surface area (TPSA) is 109 Å². The molecule has 0 aliphatic carbocycles. The number of nitrogens with zero attached hydrogens (tertiary/aromatic N) is 5. The van der Waals surface area contributed by atoms with Gasteiger partial charge in [-0.15, -0.1) is 0 Å². The zero-order valence-electron chi connectivity index (χ0n) is 11.2. The van der Waals surface area contributed by atoms with Crippen LogP contribution in [0.4, 0.5) is 5.69 Å². The van der Waals surface area contributed by atoms with E-state index in [1.54, 1.807) is 31.5 Å². The monoisotopic (exact) mass is 284 g/mol. The normalized spacial score (nSPS) is 10.7. The Bertz CT molecular complexity index is 813. The van der Waals surface area contributed by atoms with Gasteiger partial charge in [0.2, 0.25) is 0 Å². The SMILES string of the molecule is CCOC(=O)c1nn(-c2ccc3nccnc3n2)cc1N. The highest BCUT2D eigenvalue weighted by molar-refractivity contribution is 5.92. The summed E-state index contributed by atoms with van der Waals surface area (Å²) < 4.78 is 6.30. The molecule has 0 aliphatic rings.